The van der Waals surface area contributed by atoms with Crippen LogP contribution in [-0.4, -0.2) is 17.3 Å². The third-order valence-corrected chi connectivity index (χ3v) is 2.97. The standard InChI is InChI=1S/C16H13FN2O3/c1-20-13-5-7-14(8-6-13)21-10-15-18-16(22-19-15)11-3-2-4-12(17)9-11/h2-9H,10H2,1H3. The monoisotopic (exact) mass is 300 g/mol. The quantitative estimate of drug-likeness (QED) is 0.722. The van der Waals surface area contributed by atoms with Crippen LogP contribution in [0.4, 0.5) is 4.39 Å². The van der Waals surface area contributed by atoms with Crippen molar-refractivity contribution in [2.45, 2.75) is 6.61 Å². The molecule has 0 fully saturated rings. The van der Waals surface area contributed by atoms with Gasteiger partial charge in [0.15, 0.2) is 6.61 Å². The summed E-state index contributed by atoms with van der Waals surface area (Å²) in [5.41, 5.74) is 0.531. The minimum Gasteiger partial charge on any atom is -0.497 e. The first-order valence-electron chi connectivity index (χ1n) is 6.60. The number of benzene rings is 2. The first-order valence-corrected chi connectivity index (χ1v) is 6.60. The van der Waals surface area contributed by atoms with Crippen molar-refractivity contribution in [1.82, 2.24) is 10.1 Å². The minimum absolute atomic E-state index is 0.158. The molecule has 0 saturated heterocycles. The van der Waals surface area contributed by atoms with Gasteiger partial charge in [0.1, 0.15) is 17.3 Å². The van der Waals surface area contributed by atoms with E-state index in [9.17, 15) is 4.39 Å². The number of rotatable bonds is 5. The van der Waals surface area contributed by atoms with E-state index in [0.717, 1.165) is 5.75 Å². The van der Waals surface area contributed by atoms with Crippen LogP contribution in [0.2, 0.25) is 0 Å². The highest BCUT2D eigenvalue weighted by Gasteiger charge is 2.10. The van der Waals surface area contributed by atoms with Crippen molar-refractivity contribution in [2.24, 2.45) is 0 Å². The van der Waals surface area contributed by atoms with Gasteiger partial charge in [-0.3, -0.25) is 0 Å². The van der Waals surface area contributed by atoms with Crippen LogP contribution in [0.25, 0.3) is 11.5 Å². The summed E-state index contributed by atoms with van der Waals surface area (Å²) in [6, 6.07) is 13.1. The summed E-state index contributed by atoms with van der Waals surface area (Å²) >= 11 is 0. The third kappa shape index (κ3) is 3.22. The number of aromatic nitrogens is 2. The number of hydrogen-bond acceptors (Lipinski definition) is 5. The van der Waals surface area contributed by atoms with Gasteiger partial charge in [0.05, 0.1) is 7.11 Å². The zero-order chi connectivity index (χ0) is 15.4. The van der Waals surface area contributed by atoms with Gasteiger partial charge in [-0.05, 0) is 42.5 Å². The smallest absolute Gasteiger partial charge is 0.258 e. The lowest BCUT2D eigenvalue weighted by atomic mass is 10.2. The van der Waals surface area contributed by atoms with Gasteiger partial charge < -0.3 is 14.0 Å². The normalized spacial score (nSPS) is 10.5. The number of halogens is 1. The van der Waals surface area contributed by atoms with E-state index >= 15 is 0 Å². The van der Waals surface area contributed by atoms with Crippen LogP contribution in [0, 0.1) is 5.82 Å². The van der Waals surface area contributed by atoms with E-state index in [1.807, 2.05) is 0 Å². The van der Waals surface area contributed by atoms with E-state index < -0.39 is 0 Å². The molecule has 0 aliphatic rings. The van der Waals surface area contributed by atoms with Crippen LogP contribution in [0.5, 0.6) is 11.5 Å². The predicted molar refractivity (Wildman–Crippen MR) is 77.0 cm³/mol. The van der Waals surface area contributed by atoms with Crippen LogP contribution < -0.4 is 9.47 Å². The molecule has 0 saturated carbocycles. The summed E-state index contributed by atoms with van der Waals surface area (Å²) in [6.45, 7) is 0.158. The molecule has 6 heteroatoms. The molecule has 0 spiro atoms. The summed E-state index contributed by atoms with van der Waals surface area (Å²) in [6.07, 6.45) is 0. The fourth-order valence-corrected chi connectivity index (χ4v) is 1.87. The highest BCUT2D eigenvalue weighted by Crippen LogP contribution is 2.20. The van der Waals surface area contributed by atoms with Crippen LogP contribution in [0.3, 0.4) is 0 Å². The van der Waals surface area contributed by atoms with Crippen molar-refractivity contribution >= 4 is 0 Å². The largest absolute Gasteiger partial charge is 0.497 e. The van der Waals surface area contributed by atoms with Crippen LogP contribution >= 0.6 is 0 Å². The second-order valence-electron chi connectivity index (χ2n) is 4.49. The SMILES string of the molecule is COc1ccc(OCc2noc(-c3cccc(F)c3)n2)cc1. The minimum atomic E-state index is -0.355. The fraction of sp³-hybridized carbons (Fsp3) is 0.125. The molecular weight excluding hydrogens is 287 g/mol. The van der Waals surface area contributed by atoms with Crippen molar-refractivity contribution in [2.75, 3.05) is 7.11 Å². The summed E-state index contributed by atoms with van der Waals surface area (Å²) in [5.74, 6) is 1.70. The van der Waals surface area contributed by atoms with Gasteiger partial charge in [-0.25, -0.2) is 4.39 Å². The Labute approximate surface area is 126 Å². The highest BCUT2D eigenvalue weighted by molar-refractivity contribution is 5.52. The topological polar surface area (TPSA) is 57.4 Å². The van der Waals surface area contributed by atoms with E-state index in [1.165, 1.54) is 12.1 Å². The van der Waals surface area contributed by atoms with Gasteiger partial charge in [-0.2, -0.15) is 4.98 Å². The Balaban J connectivity index is 1.66. The lowest BCUT2D eigenvalue weighted by Crippen LogP contribution is -1.97. The van der Waals surface area contributed by atoms with Crippen LogP contribution in [-0.2, 0) is 6.61 Å². The fourth-order valence-electron chi connectivity index (χ4n) is 1.87. The second-order valence-corrected chi connectivity index (χ2v) is 4.49. The number of nitrogens with zero attached hydrogens (tertiary/aromatic N) is 2. The third-order valence-electron chi connectivity index (χ3n) is 2.97. The number of methoxy groups -OCH3 is 1. The lowest BCUT2D eigenvalue weighted by Gasteiger charge is -2.04. The molecular formula is C16H13FN2O3. The summed E-state index contributed by atoms with van der Waals surface area (Å²) in [4.78, 5) is 4.18. The zero-order valence-electron chi connectivity index (χ0n) is 11.8. The van der Waals surface area contributed by atoms with Gasteiger partial charge in [-0.15, -0.1) is 0 Å². The summed E-state index contributed by atoms with van der Waals surface area (Å²) in [5, 5.41) is 3.81. The van der Waals surface area contributed by atoms with Crippen molar-refractivity contribution in [3.63, 3.8) is 0 Å². The van der Waals surface area contributed by atoms with E-state index in [0.29, 0.717) is 17.1 Å². The van der Waals surface area contributed by atoms with Gasteiger partial charge in [0.25, 0.3) is 5.89 Å². The van der Waals surface area contributed by atoms with Gasteiger partial charge in [-0.1, -0.05) is 11.2 Å². The molecule has 1 heterocycles. The Hall–Kier alpha value is -2.89. The molecule has 0 aliphatic heterocycles. The molecule has 2 aromatic carbocycles. The van der Waals surface area contributed by atoms with Crippen molar-refractivity contribution in [1.29, 1.82) is 0 Å². The van der Waals surface area contributed by atoms with Gasteiger partial charge >= 0.3 is 0 Å². The van der Waals surface area contributed by atoms with Gasteiger partial charge in [0, 0.05) is 5.56 Å². The molecule has 3 aromatic rings. The summed E-state index contributed by atoms with van der Waals surface area (Å²) in [7, 11) is 1.60. The zero-order valence-corrected chi connectivity index (χ0v) is 11.8. The average molecular weight is 300 g/mol. The van der Waals surface area contributed by atoms with Crippen molar-refractivity contribution < 1.29 is 18.4 Å². The molecule has 0 bridgehead atoms. The molecule has 0 radical (unpaired) electrons. The Bertz CT molecular complexity index is 756. The number of hydrogen-bond donors (Lipinski definition) is 0. The Morgan fingerprint density at radius 3 is 2.59 bits per heavy atom. The van der Waals surface area contributed by atoms with Crippen LogP contribution in [0.15, 0.2) is 53.1 Å². The molecule has 112 valence electrons. The molecule has 5 nitrogen and oxygen atoms in total. The molecule has 0 unspecified atom stereocenters. The lowest BCUT2D eigenvalue weighted by molar-refractivity contribution is 0.286. The van der Waals surface area contributed by atoms with Gasteiger partial charge in [0.2, 0.25) is 5.82 Å². The Morgan fingerprint density at radius 1 is 1.09 bits per heavy atom. The average Bonchev–Trinajstić information content (AvgIpc) is 3.02. The molecule has 0 amide bonds. The van der Waals surface area contributed by atoms with E-state index in [-0.39, 0.29) is 18.3 Å². The Morgan fingerprint density at radius 2 is 1.86 bits per heavy atom. The van der Waals surface area contributed by atoms with E-state index in [2.05, 4.69) is 10.1 Å². The maximum Gasteiger partial charge on any atom is 0.258 e. The first kappa shape index (κ1) is 14.1. The molecule has 0 atom stereocenters. The number of ether oxygens (including phenoxy) is 2. The highest BCUT2D eigenvalue weighted by atomic mass is 19.1. The molecule has 3 rings (SSSR count). The van der Waals surface area contributed by atoms with E-state index in [4.69, 9.17) is 14.0 Å². The van der Waals surface area contributed by atoms with Crippen LogP contribution in [0.1, 0.15) is 5.82 Å². The summed E-state index contributed by atoms with van der Waals surface area (Å²) < 4.78 is 28.9. The molecule has 0 aliphatic carbocycles. The maximum atomic E-state index is 13.2. The molecule has 22 heavy (non-hydrogen) atoms. The maximum absolute atomic E-state index is 13.2. The Kier molecular flexibility index (Phi) is 4.00. The first-order chi connectivity index (χ1) is 10.7. The second kappa shape index (κ2) is 6.26. The van der Waals surface area contributed by atoms with Crippen molar-refractivity contribution in [3.05, 3.63) is 60.2 Å². The van der Waals surface area contributed by atoms with Crippen molar-refractivity contribution in [3.8, 4) is 23.0 Å². The molecule has 0 N–H and O–H groups in total. The predicted octanol–water partition coefficient (Wildman–Crippen LogP) is 3.46. The molecule has 1 aromatic heterocycles. The van der Waals surface area contributed by atoms with E-state index in [1.54, 1.807) is 43.5 Å².